The molecule has 0 radical (unpaired) electrons. The minimum atomic E-state index is -2.95. The number of nitrogens with one attached hydrogen (secondary N) is 1. The molecule has 5 rings (SSSR count). The number of hydrogen-bond acceptors (Lipinski definition) is 6. The number of aromatic nitrogens is 3. The van der Waals surface area contributed by atoms with Crippen molar-refractivity contribution in [3.63, 3.8) is 0 Å². The molecule has 0 saturated heterocycles. The Labute approximate surface area is 224 Å². The number of alkyl halides is 3. The van der Waals surface area contributed by atoms with Crippen molar-refractivity contribution < 1.29 is 22.7 Å². The zero-order valence-electron chi connectivity index (χ0n) is 21.8. The average Bonchev–Trinajstić information content (AvgIpc) is 3.43. The molecule has 1 aromatic carbocycles. The van der Waals surface area contributed by atoms with E-state index in [-0.39, 0.29) is 23.7 Å². The van der Waals surface area contributed by atoms with Crippen LogP contribution in [0.1, 0.15) is 66.1 Å². The minimum Gasteiger partial charge on any atom is -0.464 e. The van der Waals surface area contributed by atoms with Crippen molar-refractivity contribution in [3.05, 3.63) is 40.5 Å². The monoisotopic (exact) mass is 549 g/mol. The smallest absolute Gasteiger partial charge is 0.278 e. The third-order valence-electron chi connectivity index (χ3n) is 7.47. The van der Waals surface area contributed by atoms with Crippen LogP contribution < -0.4 is 10.1 Å². The molecule has 1 N–H and O–H groups in total. The molecule has 1 atom stereocenters. The first-order chi connectivity index (χ1) is 18.1. The van der Waals surface area contributed by atoms with Crippen molar-refractivity contribution in [1.82, 2.24) is 25.0 Å². The number of benzene rings is 1. The van der Waals surface area contributed by atoms with Crippen LogP contribution in [0.25, 0.3) is 10.9 Å². The molecule has 2 aromatic heterocycles. The molecule has 1 aliphatic carbocycles. The van der Waals surface area contributed by atoms with Gasteiger partial charge in [-0.25, -0.2) is 18.2 Å². The van der Waals surface area contributed by atoms with E-state index in [9.17, 15) is 13.6 Å². The van der Waals surface area contributed by atoms with Gasteiger partial charge in [0.1, 0.15) is 0 Å². The normalized spacial score (nSPS) is 22.7. The van der Waals surface area contributed by atoms with Gasteiger partial charge in [0.2, 0.25) is 0 Å². The fourth-order valence-electron chi connectivity index (χ4n) is 5.47. The SMILES string of the molecule is Cn1cc2c(C(=O)N[C@H]3CC[C@H](CCN4CCc5sc(OCC(C)(F)F)nc5C(F)C4)CC3)cccc2n1. The van der Waals surface area contributed by atoms with Crippen molar-refractivity contribution in [2.24, 2.45) is 13.0 Å². The molecule has 3 heterocycles. The summed E-state index contributed by atoms with van der Waals surface area (Å²) in [6.45, 7) is 1.81. The second-order valence-corrected chi connectivity index (χ2v) is 11.7. The zero-order chi connectivity index (χ0) is 26.9. The molecule has 1 unspecified atom stereocenters. The number of aryl methyl sites for hydroxylation is 1. The van der Waals surface area contributed by atoms with Crippen molar-refractivity contribution in [2.75, 3.05) is 26.2 Å². The molecular weight excluding hydrogens is 515 g/mol. The van der Waals surface area contributed by atoms with Crippen LogP contribution in [0.3, 0.4) is 0 Å². The summed E-state index contributed by atoms with van der Waals surface area (Å²) < 4.78 is 48.0. The Morgan fingerprint density at radius 3 is 2.82 bits per heavy atom. The summed E-state index contributed by atoms with van der Waals surface area (Å²) in [4.78, 5) is 20.0. The number of hydrogen-bond donors (Lipinski definition) is 1. The number of halogens is 3. The van der Waals surface area contributed by atoms with Gasteiger partial charge in [0, 0.05) is 49.6 Å². The third-order valence-corrected chi connectivity index (χ3v) is 8.52. The minimum absolute atomic E-state index is 0.0522. The second-order valence-electron chi connectivity index (χ2n) is 10.7. The van der Waals surface area contributed by atoms with E-state index in [0.717, 1.165) is 61.4 Å². The van der Waals surface area contributed by atoms with Gasteiger partial charge >= 0.3 is 0 Å². The van der Waals surface area contributed by atoms with Gasteiger partial charge in [-0.3, -0.25) is 14.4 Å². The Kier molecular flexibility index (Phi) is 7.95. The molecule has 3 aromatic rings. The van der Waals surface area contributed by atoms with E-state index in [1.165, 1.54) is 11.3 Å². The summed E-state index contributed by atoms with van der Waals surface area (Å²) in [5.74, 6) is -2.45. The Bertz CT molecular complexity index is 1270. The molecular formula is C27H34F3N5O2S. The maximum absolute atomic E-state index is 15.0. The van der Waals surface area contributed by atoms with Crippen LogP contribution >= 0.6 is 11.3 Å². The van der Waals surface area contributed by atoms with Gasteiger partial charge in [0.05, 0.1) is 16.8 Å². The molecule has 0 spiro atoms. The molecule has 1 amide bonds. The first-order valence-corrected chi connectivity index (χ1v) is 14.1. The van der Waals surface area contributed by atoms with Gasteiger partial charge in [-0.15, -0.1) is 0 Å². The highest BCUT2D eigenvalue weighted by atomic mass is 32.1. The van der Waals surface area contributed by atoms with Crippen LogP contribution in [0.2, 0.25) is 0 Å². The van der Waals surface area contributed by atoms with Gasteiger partial charge in [-0.05, 0) is 63.1 Å². The van der Waals surface area contributed by atoms with Crippen molar-refractivity contribution in [2.45, 2.75) is 63.6 Å². The third kappa shape index (κ3) is 6.48. The van der Waals surface area contributed by atoms with Gasteiger partial charge in [-0.2, -0.15) is 5.10 Å². The van der Waals surface area contributed by atoms with E-state index in [2.05, 4.69) is 20.3 Å². The number of amides is 1. The summed E-state index contributed by atoms with van der Waals surface area (Å²) in [7, 11) is 1.85. The van der Waals surface area contributed by atoms with Crippen LogP contribution in [0.4, 0.5) is 13.2 Å². The summed E-state index contributed by atoms with van der Waals surface area (Å²) in [6.07, 6.45) is 6.20. The van der Waals surface area contributed by atoms with E-state index in [1.54, 1.807) is 4.68 Å². The Balaban J connectivity index is 1.06. The lowest BCUT2D eigenvalue weighted by molar-refractivity contribution is -0.0231. The average molecular weight is 550 g/mol. The van der Waals surface area contributed by atoms with Crippen molar-refractivity contribution in [1.29, 1.82) is 0 Å². The fraction of sp³-hybridized carbons (Fsp3) is 0.593. The number of nitrogens with zero attached hydrogens (tertiary/aromatic N) is 4. The number of ether oxygens (including phenoxy) is 1. The zero-order valence-corrected chi connectivity index (χ0v) is 22.6. The highest BCUT2D eigenvalue weighted by Crippen LogP contribution is 2.35. The number of carbonyl (C=O) groups is 1. The number of rotatable bonds is 8. The largest absolute Gasteiger partial charge is 0.464 e. The van der Waals surface area contributed by atoms with Crippen LogP contribution in [0.5, 0.6) is 5.19 Å². The van der Waals surface area contributed by atoms with E-state index in [1.807, 2.05) is 31.4 Å². The maximum atomic E-state index is 15.0. The van der Waals surface area contributed by atoms with E-state index in [0.29, 0.717) is 30.1 Å². The molecule has 1 saturated carbocycles. The molecule has 7 nitrogen and oxygen atoms in total. The highest BCUT2D eigenvalue weighted by molar-refractivity contribution is 7.13. The van der Waals surface area contributed by atoms with Gasteiger partial charge in [-0.1, -0.05) is 17.4 Å². The quantitative estimate of drug-likeness (QED) is 0.412. The Morgan fingerprint density at radius 2 is 2.05 bits per heavy atom. The predicted molar refractivity (Wildman–Crippen MR) is 141 cm³/mol. The van der Waals surface area contributed by atoms with Crippen molar-refractivity contribution >= 4 is 28.1 Å². The molecule has 11 heteroatoms. The first-order valence-electron chi connectivity index (χ1n) is 13.2. The van der Waals surface area contributed by atoms with Gasteiger partial charge in [0.25, 0.3) is 17.0 Å². The second kappa shape index (κ2) is 11.2. The van der Waals surface area contributed by atoms with Crippen LogP contribution in [0.15, 0.2) is 24.4 Å². The first kappa shape index (κ1) is 26.9. The van der Waals surface area contributed by atoms with Crippen LogP contribution in [-0.4, -0.2) is 63.8 Å². The Hall–Kier alpha value is -2.66. The lowest BCUT2D eigenvalue weighted by atomic mass is 9.84. The number of carbonyl (C=O) groups excluding carboxylic acids is 1. The summed E-state index contributed by atoms with van der Waals surface area (Å²) in [5, 5.41) is 8.58. The molecule has 1 fully saturated rings. The van der Waals surface area contributed by atoms with Gasteiger partial charge in [0.15, 0.2) is 12.8 Å². The number of fused-ring (bicyclic) bond motifs is 2. The Morgan fingerprint density at radius 1 is 1.26 bits per heavy atom. The van der Waals surface area contributed by atoms with E-state index in [4.69, 9.17) is 4.74 Å². The lowest BCUT2D eigenvalue weighted by Crippen LogP contribution is -2.38. The lowest BCUT2D eigenvalue weighted by Gasteiger charge is -2.31. The predicted octanol–water partition coefficient (Wildman–Crippen LogP) is 5.31. The van der Waals surface area contributed by atoms with Crippen LogP contribution in [-0.2, 0) is 13.5 Å². The van der Waals surface area contributed by atoms with Crippen LogP contribution in [0, 0.1) is 5.92 Å². The summed E-state index contributed by atoms with van der Waals surface area (Å²) >= 11 is 1.17. The molecule has 0 bridgehead atoms. The highest BCUT2D eigenvalue weighted by Gasteiger charge is 2.30. The summed E-state index contributed by atoms with van der Waals surface area (Å²) in [6, 6.07) is 5.77. The molecule has 38 heavy (non-hydrogen) atoms. The molecule has 2 aliphatic rings. The van der Waals surface area contributed by atoms with Crippen molar-refractivity contribution in [3.8, 4) is 5.19 Å². The van der Waals surface area contributed by atoms with E-state index >= 15 is 4.39 Å². The number of thiazole rings is 1. The summed E-state index contributed by atoms with van der Waals surface area (Å²) in [5.41, 5.74) is 1.81. The standard InChI is InChI=1S/C27H34F3N5O2S/c1-27(29,30)16-37-26-32-24-21(28)15-35(13-11-23(24)38-26)12-10-17-6-8-18(9-7-17)31-25(36)19-4-3-5-22-20(19)14-34(2)33-22/h3-5,14,17-18,21H,6-13,15-16H2,1-2H3,(H,31,36)/t17-,18-,21?. The van der Waals surface area contributed by atoms with E-state index < -0.39 is 18.7 Å². The molecule has 1 aliphatic heterocycles. The molecule has 206 valence electrons. The maximum Gasteiger partial charge on any atom is 0.278 e. The topological polar surface area (TPSA) is 72.3 Å². The van der Waals surface area contributed by atoms with Gasteiger partial charge < -0.3 is 10.1 Å². The fourth-order valence-corrected chi connectivity index (χ4v) is 6.41.